The monoisotopic (exact) mass is 262 g/mol. The fraction of sp³-hybridized carbons (Fsp3) is 0.750. The summed E-state index contributed by atoms with van der Waals surface area (Å²) in [7, 11) is 0. The molecule has 1 atom stereocenters. The van der Waals surface area contributed by atoms with Crippen LogP contribution in [0.25, 0.3) is 0 Å². The maximum absolute atomic E-state index is 5.54. The van der Waals surface area contributed by atoms with Crippen LogP contribution in [0.2, 0.25) is 0 Å². The van der Waals surface area contributed by atoms with E-state index in [2.05, 4.69) is 23.2 Å². The molecule has 0 aromatic carbocycles. The number of furan rings is 1. The normalized spacial score (nSPS) is 27.3. The first-order valence-electron chi connectivity index (χ1n) is 7.78. The van der Waals surface area contributed by atoms with Gasteiger partial charge in [-0.05, 0) is 49.8 Å². The van der Waals surface area contributed by atoms with Crippen molar-refractivity contribution < 1.29 is 4.42 Å². The predicted molar refractivity (Wildman–Crippen MR) is 77.0 cm³/mol. The number of hydrogen-bond donors (Lipinski definition) is 1. The van der Waals surface area contributed by atoms with Gasteiger partial charge in [0.25, 0.3) is 0 Å². The highest BCUT2D eigenvalue weighted by atomic mass is 16.3. The lowest BCUT2D eigenvalue weighted by molar-refractivity contribution is 0.131. The van der Waals surface area contributed by atoms with Crippen molar-refractivity contribution in [1.82, 2.24) is 10.2 Å². The lowest BCUT2D eigenvalue weighted by Gasteiger charge is -2.34. The average molecular weight is 262 g/mol. The molecule has 0 spiro atoms. The van der Waals surface area contributed by atoms with E-state index in [1.165, 1.54) is 51.7 Å². The molecule has 3 rings (SSSR count). The maximum atomic E-state index is 5.54. The third-order valence-electron chi connectivity index (χ3n) is 4.65. The molecule has 1 unspecified atom stereocenters. The van der Waals surface area contributed by atoms with E-state index in [9.17, 15) is 0 Å². The van der Waals surface area contributed by atoms with E-state index in [4.69, 9.17) is 4.42 Å². The summed E-state index contributed by atoms with van der Waals surface area (Å²) >= 11 is 0. The molecule has 1 N–H and O–H groups in total. The summed E-state index contributed by atoms with van der Waals surface area (Å²) < 4.78 is 5.54. The second-order valence-corrected chi connectivity index (χ2v) is 6.39. The molecule has 2 aliphatic rings. The van der Waals surface area contributed by atoms with Gasteiger partial charge in [0, 0.05) is 19.1 Å². The maximum Gasteiger partial charge on any atom is 0.117 e. The summed E-state index contributed by atoms with van der Waals surface area (Å²) in [5.74, 6) is 1.12. The second-order valence-electron chi connectivity index (χ2n) is 6.39. The van der Waals surface area contributed by atoms with Crippen LogP contribution in [-0.4, -0.2) is 30.6 Å². The topological polar surface area (TPSA) is 28.4 Å². The number of nitrogens with one attached hydrogen (secondary N) is 1. The zero-order valence-corrected chi connectivity index (χ0v) is 12.0. The van der Waals surface area contributed by atoms with Crippen LogP contribution in [0.15, 0.2) is 22.8 Å². The molecular formula is C16H26N2O. The van der Waals surface area contributed by atoms with Crippen molar-refractivity contribution in [2.45, 2.75) is 51.6 Å². The Morgan fingerprint density at radius 3 is 2.95 bits per heavy atom. The van der Waals surface area contributed by atoms with Gasteiger partial charge >= 0.3 is 0 Å². The van der Waals surface area contributed by atoms with Gasteiger partial charge in [0.1, 0.15) is 5.76 Å². The molecule has 3 heteroatoms. The lowest BCUT2D eigenvalue weighted by atomic mass is 9.82. The fourth-order valence-electron chi connectivity index (χ4n) is 3.54. The predicted octanol–water partition coefficient (Wildman–Crippen LogP) is 3.02. The van der Waals surface area contributed by atoms with Gasteiger partial charge in [-0.2, -0.15) is 0 Å². The molecule has 0 radical (unpaired) electrons. The average Bonchev–Trinajstić information content (AvgIpc) is 2.94. The van der Waals surface area contributed by atoms with E-state index in [-0.39, 0.29) is 0 Å². The van der Waals surface area contributed by atoms with E-state index >= 15 is 0 Å². The van der Waals surface area contributed by atoms with Gasteiger partial charge in [-0.25, -0.2) is 0 Å². The van der Waals surface area contributed by atoms with Crippen LogP contribution in [-0.2, 0) is 6.54 Å². The largest absolute Gasteiger partial charge is 0.468 e. The van der Waals surface area contributed by atoms with E-state index in [0.29, 0.717) is 5.41 Å². The Bertz CT molecular complexity index is 377. The highest BCUT2D eigenvalue weighted by Gasteiger charge is 2.39. The summed E-state index contributed by atoms with van der Waals surface area (Å²) in [6.45, 7) is 6.93. The SMILES string of the molecule is CCCC1(CN(Cc2ccco2)C2CC2)CCNC1. The molecule has 19 heavy (non-hydrogen) atoms. The first kappa shape index (κ1) is 13.2. The van der Waals surface area contributed by atoms with Gasteiger partial charge in [0.15, 0.2) is 0 Å². The van der Waals surface area contributed by atoms with E-state index < -0.39 is 0 Å². The van der Waals surface area contributed by atoms with Crippen molar-refractivity contribution in [3.8, 4) is 0 Å². The number of hydrogen-bond acceptors (Lipinski definition) is 3. The molecule has 106 valence electrons. The molecule has 3 nitrogen and oxygen atoms in total. The third kappa shape index (κ3) is 3.21. The summed E-state index contributed by atoms with van der Waals surface area (Å²) in [5.41, 5.74) is 0.504. The van der Waals surface area contributed by atoms with Crippen molar-refractivity contribution in [3.63, 3.8) is 0 Å². The Balaban J connectivity index is 1.66. The standard InChI is InChI=1S/C16H26N2O/c1-2-7-16(8-9-17-12-16)13-18(14-5-6-14)11-15-4-3-10-19-15/h3-4,10,14,17H,2,5-9,11-13H2,1H3. The Hall–Kier alpha value is -0.800. The molecule has 1 saturated carbocycles. The zero-order valence-electron chi connectivity index (χ0n) is 12.0. The lowest BCUT2D eigenvalue weighted by Crippen LogP contribution is -2.40. The number of nitrogens with zero attached hydrogens (tertiary/aromatic N) is 1. The molecule has 1 aromatic rings. The molecule has 0 amide bonds. The van der Waals surface area contributed by atoms with E-state index in [1.807, 2.05) is 6.07 Å². The minimum atomic E-state index is 0.504. The highest BCUT2D eigenvalue weighted by molar-refractivity contribution is 5.01. The van der Waals surface area contributed by atoms with Crippen molar-refractivity contribution in [2.24, 2.45) is 5.41 Å². The molecule has 2 heterocycles. The van der Waals surface area contributed by atoms with Gasteiger partial charge in [-0.15, -0.1) is 0 Å². The molecule has 1 saturated heterocycles. The summed E-state index contributed by atoms with van der Waals surface area (Å²) in [6, 6.07) is 4.91. The summed E-state index contributed by atoms with van der Waals surface area (Å²) in [6.07, 6.45) is 8.51. The minimum Gasteiger partial charge on any atom is -0.468 e. The quantitative estimate of drug-likeness (QED) is 0.819. The molecule has 1 aromatic heterocycles. The van der Waals surface area contributed by atoms with Crippen LogP contribution in [0.4, 0.5) is 0 Å². The Kier molecular flexibility index (Phi) is 3.94. The van der Waals surface area contributed by atoms with Gasteiger partial charge < -0.3 is 9.73 Å². The number of rotatable bonds is 7. The van der Waals surface area contributed by atoms with Gasteiger partial charge in [0.05, 0.1) is 12.8 Å². The zero-order chi connectivity index (χ0) is 13.1. The van der Waals surface area contributed by atoms with Gasteiger partial charge in [-0.1, -0.05) is 13.3 Å². The second kappa shape index (κ2) is 5.68. The Morgan fingerprint density at radius 2 is 2.37 bits per heavy atom. The Morgan fingerprint density at radius 1 is 1.47 bits per heavy atom. The first-order chi connectivity index (χ1) is 9.31. The minimum absolute atomic E-state index is 0.504. The van der Waals surface area contributed by atoms with Crippen molar-refractivity contribution in [3.05, 3.63) is 24.2 Å². The summed E-state index contributed by atoms with van der Waals surface area (Å²) in [4.78, 5) is 2.67. The van der Waals surface area contributed by atoms with Gasteiger partial charge in [0.2, 0.25) is 0 Å². The molecule has 2 fully saturated rings. The van der Waals surface area contributed by atoms with Crippen LogP contribution in [0.3, 0.4) is 0 Å². The van der Waals surface area contributed by atoms with Gasteiger partial charge in [-0.3, -0.25) is 4.90 Å². The van der Waals surface area contributed by atoms with E-state index in [1.54, 1.807) is 6.26 Å². The van der Waals surface area contributed by atoms with Crippen LogP contribution in [0, 0.1) is 5.41 Å². The van der Waals surface area contributed by atoms with Crippen LogP contribution >= 0.6 is 0 Å². The van der Waals surface area contributed by atoms with Crippen molar-refractivity contribution >= 4 is 0 Å². The van der Waals surface area contributed by atoms with Crippen LogP contribution in [0.1, 0.15) is 44.8 Å². The smallest absolute Gasteiger partial charge is 0.117 e. The summed E-state index contributed by atoms with van der Waals surface area (Å²) in [5, 5.41) is 3.57. The highest BCUT2D eigenvalue weighted by Crippen LogP contribution is 2.37. The Labute approximate surface area is 116 Å². The van der Waals surface area contributed by atoms with Crippen molar-refractivity contribution in [1.29, 1.82) is 0 Å². The van der Waals surface area contributed by atoms with Crippen LogP contribution in [0.5, 0.6) is 0 Å². The van der Waals surface area contributed by atoms with Crippen LogP contribution < -0.4 is 5.32 Å². The molecule has 1 aliphatic carbocycles. The van der Waals surface area contributed by atoms with E-state index in [0.717, 1.165) is 18.3 Å². The van der Waals surface area contributed by atoms with Crippen molar-refractivity contribution in [2.75, 3.05) is 19.6 Å². The third-order valence-corrected chi connectivity index (χ3v) is 4.65. The fourth-order valence-corrected chi connectivity index (χ4v) is 3.54. The molecule has 1 aliphatic heterocycles. The molecule has 0 bridgehead atoms. The first-order valence-corrected chi connectivity index (χ1v) is 7.78. The molecular weight excluding hydrogens is 236 g/mol.